The summed E-state index contributed by atoms with van der Waals surface area (Å²) in [6.07, 6.45) is 1.09. The Morgan fingerprint density at radius 1 is 1.24 bits per heavy atom. The van der Waals surface area contributed by atoms with Gasteiger partial charge in [-0.05, 0) is 25.8 Å². The van der Waals surface area contributed by atoms with E-state index in [-0.39, 0.29) is 11.7 Å². The van der Waals surface area contributed by atoms with Gasteiger partial charge in [0.2, 0.25) is 0 Å². The summed E-state index contributed by atoms with van der Waals surface area (Å²) in [5, 5.41) is 3.47. The summed E-state index contributed by atoms with van der Waals surface area (Å²) in [6, 6.07) is 6.68. The van der Waals surface area contributed by atoms with E-state index in [9.17, 15) is 0 Å². The molecule has 1 aromatic carbocycles. The van der Waals surface area contributed by atoms with Gasteiger partial charge in [0.15, 0.2) is 11.5 Å². The molecule has 1 heterocycles. The van der Waals surface area contributed by atoms with Crippen LogP contribution < -0.4 is 14.8 Å². The normalized spacial score (nSPS) is 17.7. The van der Waals surface area contributed by atoms with Crippen molar-refractivity contribution >= 4 is 0 Å². The Labute approximate surface area is 129 Å². The molecule has 0 aliphatic carbocycles. The lowest BCUT2D eigenvalue weighted by atomic mass is 10.0. The summed E-state index contributed by atoms with van der Waals surface area (Å²) >= 11 is 0. The van der Waals surface area contributed by atoms with Crippen LogP contribution in [0.2, 0.25) is 0 Å². The van der Waals surface area contributed by atoms with Crippen LogP contribution in [0.15, 0.2) is 18.2 Å². The predicted octanol–water partition coefficient (Wildman–Crippen LogP) is 3.80. The Morgan fingerprint density at radius 3 is 2.57 bits per heavy atom. The van der Waals surface area contributed by atoms with Crippen LogP contribution in [0.4, 0.5) is 0 Å². The molecule has 1 N–H and O–H groups in total. The van der Waals surface area contributed by atoms with Gasteiger partial charge in [-0.25, -0.2) is 0 Å². The van der Waals surface area contributed by atoms with Crippen molar-refractivity contribution in [1.82, 2.24) is 5.32 Å². The molecule has 1 aliphatic heterocycles. The van der Waals surface area contributed by atoms with Crippen molar-refractivity contribution in [1.29, 1.82) is 0 Å². The first-order valence-electron chi connectivity index (χ1n) is 7.99. The molecule has 0 fully saturated rings. The van der Waals surface area contributed by atoms with Gasteiger partial charge in [0, 0.05) is 24.6 Å². The lowest BCUT2D eigenvalue weighted by molar-refractivity contribution is 0.112. The molecule has 0 radical (unpaired) electrons. The average Bonchev–Trinajstić information content (AvgIpc) is 2.68. The number of nitrogens with one attached hydrogen (secondary N) is 1. The molecule has 1 atom stereocenters. The fraction of sp³-hybridized carbons (Fsp3) is 0.667. The Hall–Kier alpha value is -1.22. The number of fused-ring (bicyclic) bond motifs is 1. The van der Waals surface area contributed by atoms with Crippen LogP contribution in [0.5, 0.6) is 11.5 Å². The van der Waals surface area contributed by atoms with E-state index in [1.54, 1.807) is 0 Å². The van der Waals surface area contributed by atoms with E-state index >= 15 is 0 Å². The number of ether oxygens (including phenoxy) is 2. The standard InChI is InChI=1S/C18H29NO2/c1-12(2)16(11-19-13(3)4)20-15-9-7-8-14-10-18(5,6)21-17(14)15/h7-9,12-13,16,19H,10-11H2,1-6H3. The first-order chi connectivity index (χ1) is 9.78. The van der Waals surface area contributed by atoms with Gasteiger partial charge < -0.3 is 14.8 Å². The summed E-state index contributed by atoms with van der Waals surface area (Å²) in [7, 11) is 0. The second-order valence-electron chi connectivity index (χ2n) is 7.25. The summed E-state index contributed by atoms with van der Waals surface area (Å²) in [6.45, 7) is 13.8. The van der Waals surface area contributed by atoms with Crippen molar-refractivity contribution in [3.63, 3.8) is 0 Å². The average molecular weight is 291 g/mol. The third-order valence-electron chi connectivity index (χ3n) is 3.80. The summed E-state index contributed by atoms with van der Waals surface area (Å²) in [5.74, 6) is 2.25. The van der Waals surface area contributed by atoms with Crippen LogP contribution in [0.1, 0.15) is 47.1 Å². The second kappa shape index (κ2) is 6.27. The van der Waals surface area contributed by atoms with E-state index < -0.39 is 0 Å². The number of para-hydroxylation sites is 1. The quantitative estimate of drug-likeness (QED) is 0.864. The molecule has 0 saturated heterocycles. The van der Waals surface area contributed by atoms with Gasteiger partial charge in [-0.2, -0.15) is 0 Å². The van der Waals surface area contributed by atoms with Crippen molar-refractivity contribution in [3.8, 4) is 11.5 Å². The van der Waals surface area contributed by atoms with E-state index in [0.29, 0.717) is 12.0 Å². The van der Waals surface area contributed by atoms with E-state index in [4.69, 9.17) is 9.47 Å². The first kappa shape index (κ1) is 16.2. The number of benzene rings is 1. The maximum absolute atomic E-state index is 6.28. The Balaban J connectivity index is 2.14. The van der Waals surface area contributed by atoms with E-state index in [1.807, 2.05) is 6.07 Å². The lowest BCUT2D eigenvalue weighted by Gasteiger charge is -2.25. The summed E-state index contributed by atoms with van der Waals surface area (Å²) < 4.78 is 12.4. The number of hydrogen-bond donors (Lipinski definition) is 1. The number of hydrogen-bond acceptors (Lipinski definition) is 3. The third kappa shape index (κ3) is 4.13. The van der Waals surface area contributed by atoms with Crippen LogP contribution >= 0.6 is 0 Å². The second-order valence-corrected chi connectivity index (χ2v) is 7.25. The maximum atomic E-state index is 6.28. The third-order valence-corrected chi connectivity index (χ3v) is 3.80. The SMILES string of the molecule is CC(C)NCC(Oc1cccc2c1OC(C)(C)C2)C(C)C. The molecule has 1 aliphatic rings. The Bertz CT molecular complexity index is 480. The Morgan fingerprint density at radius 2 is 1.95 bits per heavy atom. The molecule has 0 amide bonds. The predicted molar refractivity (Wildman–Crippen MR) is 87.2 cm³/mol. The molecule has 21 heavy (non-hydrogen) atoms. The van der Waals surface area contributed by atoms with Gasteiger partial charge in [-0.15, -0.1) is 0 Å². The zero-order valence-electron chi connectivity index (χ0n) is 14.2. The van der Waals surface area contributed by atoms with Crippen molar-refractivity contribution in [2.24, 2.45) is 5.92 Å². The van der Waals surface area contributed by atoms with Gasteiger partial charge >= 0.3 is 0 Å². The molecule has 3 nitrogen and oxygen atoms in total. The lowest BCUT2D eigenvalue weighted by Crippen LogP contribution is -2.38. The van der Waals surface area contributed by atoms with Crippen molar-refractivity contribution < 1.29 is 9.47 Å². The smallest absolute Gasteiger partial charge is 0.165 e. The summed E-state index contributed by atoms with van der Waals surface area (Å²) in [5.41, 5.74) is 1.11. The van der Waals surface area contributed by atoms with Crippen LogP contribution in [0.25, 0.3) is 0 Å². The highest BCUT2D eigenvalue weighted by atomic mass is 16.5. The zero-order valence-corrected chi connectivity index (χ0v) is 14.2. The minimum absolute atomic E-state index is 0.134. The molecular formula is C18H29NO2. The largest absolute Gasteiger partial charge is 0.485 e. The molecule has 3 heteroatoms. The molecule has 0 saturated carbocycles. The van der Waals surface area contributed by atoms with Crippen LogP contribution in [-0.4, -0.2) is 24.3 Å². The van der Waals surface area contributed by atoms with Gasteiger partial charge in [0.1, 0.15) is 11.7 Å². The van der Waals surface area contributed by atoms with Gasteiger partial charge in [-0.3, -0.25) is 0 Å². The minimum Gasteiger partial charge on any atom is -0.485 e. The van der Waals surface area contributed by atoms with Crippen molar-refractivity contribution in [2.45, 2.75) is 65.7 Å². The molecular weight excluding hydrogens is 262 g/mol. The van der Waals surface area contributed by atoms with Gasteiger partial charge in [-0.1, -0.05) is 39.8 Å². The molecule has 1 unspecified atom stereocenters. The highest BCUT2D eigenvalue weighted by Crippen LogP contribution is 2.42. The van der Waals surface area contributed by atoms with Gasteiger partial charge in [0.05, 0.1) is 0 Å². The van der Waals surface area contributed by atoms with Crippen molar-refractivity contribution in [2.75, 3.05) is 6.54 Å². The molecule has 2 rings (SSSR count). The molecule has 118 valence electrons. The molecule has 0 aromatic heterocycles. The molecule has 1 aromatic rings. The van der Waals surface area contributed by atoms with Gasteiger partial charge in [0.25, 0.3) is 0 Å². The van der Waals surface area contributed by atoms with Crippen LogP contribution in [0, 0.1) is 5.92 Å². The molecule has 0 spiro atoms. The molecule has 0 bridgehead atoms. The minimum atomic E-state index is -0.134. The monoisotopic (exact) mass is 291 g/mol. The van der Waals surface area contributed by atoms with Crippen LogP contribution in [0.3, 0.4) is 0 Å². The number of rotatable bonds is 6. The fourth-order valence-corrected chi connectivity index (χ4v) is 2.61. The fourth-order valence-electron chi connectivity index (χ4n) is 2.61. The first-order valence-corrected chi connectivity index (χ1v) is 7.99. The summed E-state index contributed by atoms with van der Waals surface area (Å²) in [4.78, 5) is 0. The zero-order chi connectivity index (χ0) is 15.6. The highest BCUT2D eigenvalue weighted by Gasteiger charge is 2.33. The van der Waals surface area contributed by atoms with E-state index in [1.165, 1.54) is 5.56 Å². The van der Waals surface area contributed by atoms with E-state index in [0.717, 1.165) is 24.5 Å². The highest BCUT2D eigenvalue weighted by molar-refractivity contribution is 5.50. The van der Waals surface area contributed by atoms with Crippen LogP contribution in [-0.2, 0) is 6.42 Å². The van der Waals surface area contributed by atoms with E-state index in [2.05, 4.69) is 59.0 Å². The topological polar surface area (TPSA) is 30.5 Å². The maximum Gasteiger partial charge on any atom is 0.165 e. The van der Waals surface area contributed by atoms with Crippen molar-refractivity contribution in [3.05, 3.63) is 23.8 Å². The Kier molecular flexibility index (Phi) is 4.82.